The maximum Gasteiger partial charge on any atom is 0.226 e. The lowest BCUT2D eigenvalue weighted by Gasteiger charge is -2.26. The molecule has 0 bridgehead atoms. The molecule has 144 valence electrons. The van der Waals surface area contributed by atoms with Crippen LogP contribution in [-0.4, -0.2) is 27.8 Å². The number of piperidine rings is 1. The fourth-order valence-corrected chi connectivity index (χ4v) is 4.36. The highest BCUT2D eigenvalue weighted by molar-refractivity contribution is 7.18. The number of halogens is 1. The van der Waals surface area contributed by atoms with Crippen LogP contribution in [0.15, 0.2) is 48.9 Å². The molecule has 3 heterocycles. The third-order valence-electron chi connectivity index (χ3n) is 4.88. The molecule has 4 rings (SSSR count). The molecule has 0 saturated carbocycles. The SMILES string of the molecule is O=C(CCc1cn(-c2ccc(N3CCCCC3=O)cc2)cn1)c1ccc(Cl)s1. The minimum absolute atomic E-state index is 0.0852. The van der Waals surface area contributed by atoms with E-state index in [1.807, 2.05) is 39.9 Å². The fraction of sp³-hybridized carbons (Fsp3) is 0.286. The molecule has 0 N–H and O–H groups in total. The predicted octanol–water partition coefficient (Wildman–Crippen LogP) is 4.92. The summed E-state index contributed by atoms with van der Waals surface area (Å²) in [6.07, 6.45) is 7.34. The number of imidazole rings is 1. The second-order valence-corrected chi connectivity index (χ2v) is 8.53. The van der Waals surface area contributed by atoms with Crippen molar-refractivity contribution in [3.63, 3.8) is 0 Å². The van der Waals surface area contributed by atoms with Crippen molar-refractivity contribution in [2.24, 2.45) is 0 Å². The molecule has 2 aromatic heterocycles. The Kier molecular flexibility index (Phi) is 5.59. The Morgan fingerprint density at radius 1 is 1.11 bits per heavy atom. The minimum Gasteiger partial charge on any atom is -0.312 e. The van der Waals surface area contributed by atoms with Gasteiger partial charge in [0.2, 0.25) is 5.91 Å². The summed E-state index contributed by atoms with van der Waals surface area (Å²) in [4.78, 5) is 31.2. The summed E-state index contributed by atoms with van der Waals surface area (Å²) in [6.45, 7) is 0.789. The Labute approximate surface area is 172 Å². The molecule has 0 unspecified atom stereocenters. The van der Waals surface area contributed by atoms with Gasteiger partial charge < -0.3 is 9.47 Å². The van der Waals surface area contributed by atoms with Crippen LogP contribution in [0, 0.1) is 0 Å². The number of hydrogen-bond donors (Lipinski definition) is 0. The fourth-order valence-electron chi connectivity index (χ4n) is 3.35. The first-order valence-corrected chi connectivity index (χ1v) is 10.5. The monoisotopic (exact) mass is 413 g/mol. The molecular formula is C21H20ClN3O2S. The maximum atomic E-state index is 12.2. The van der Waals surface area contributed by atoms with Crippen LogP contribution in [-0.2, 0) is 11.2 Å². The molecular weight excluding hydrogens is 394 g/mol. The molecule has 0 aliphatic carbocycles. The van der Waals surface area contributed by atoms with Crippen LogP contribution in [0.3, 0.4) is 0 Å². The number of aromatic nitrogens is 2. The molecule has 1 aliphatic rings. The van der Waals surface area contributed by atoms with Crippen LogP contribution in [0.1, 0.15) is 41.0 Å². The van der Waals surface area contributed by atoms with E-state index >= 15 is 0 Å². The molecule has 3 aromatic rings. The first-order valence-electron chi connectivity index (χ1n) is 9.32. The highest BCUT2D eigenvalue weighted by Gasteiger charge is 2.19. The van der Waals surface area contributed by atoms with E-state index in [1.165, 1.54) is 11.3 Å². The van der Waals surface area contributed by atoms with Crippen molar-refractivity contribution in [3.8, 4) is 5.69 Å². The van der Waals surface area contributed by atoms with Crippen molar-refractivity contribution in [1.29, 1.82) is 0 Å². The third-order valence-corrected chi connectivity index (χ3v) is 6.15. The summed E-state index contributed by atoms with van der Waals surface area (Å²) in [6, 6.07) is 11.4. The molecule has 1 aliphatic heterocycles. The van der Waals surface area contributed by atoms with Gasteiger partial charge in [0.1, 0.15) is 0 Å². The van der Waals surface area contributed by atoms with Crippen molar-refractivity contribution in [2.75, 3.05) is 11.4 Å². The molecule has 0 radical (unpaired) electrons. The van der Waals surface area contributed by atoms with Crippen LogP contribution in [0.2, 0.25) is 4.34 Å². The molecule has 7 heteroatoms. The highest BCUT2D eigenvalue weighted by atomic mass is 35.5. The largest absolute Gasteiger partial charge is 0.312 e. The summed E-state index contributed by atoms with van der Waals surface area (Å²) in [5, 5.41) is 0. The van der Waals surface area contributed by atoms with Gasteiger partial charge in [-0.2, -0.15) is 0 Å². The van der Waals surface area contributed by atoms with E-state index in [4.69, 9.17) is 11.6 Å². The second kappa shape index (κ2) is 8.29. The number of carbonyl (C=O) groups is 2. The summed E-state index contributed by atoms with van der Waals surface area (Å²) >= 11 is 7.20. The zero-order valence-corrected chi connectivity index (χ0v) is 16.9. The van der Waals surface area contributed by atoms with E-state index < -0.39 is 0 Å². The van der Waals surface area contributed by atoms with Gasteiger partial charge in [-0.25, -0.2) is 4.98 Å². The topological polar surface area (TPSA) is 55.2 Å². The number of aryl methyl sites for hydroxylation is 1. The number of anilines is 1. The Hall–Kier alpha value is -2.44. The van der Waals surface area contributed by atoms with Gasteiger partial charge >= 0.3 is 0 Å². The first kappa shape index (κ1) is 18.9. The van der Waals surface area contributed by atoms with Crippen molar-refractivity contribution >= 4 is 40.3 Å². The van der Waals surface area contributed by atoms with E-state index in [0.29, 0.717) is 28.5 Å². The number of benzene rings is 1. The van der Waals surface area contributed by atoms with Crippen LogP contribution in [0.25, 0.3) is 5.69 Å². The smallest absolute Gasteiger partial charge is 0.226 e. The Balaban J connectivity index is 1.39. The van der Waals surface area contributed by atoms with Crippen molar-refractivity contribution < 1.29 is 9.59 Å². The van der Waals surface area contributed by atoms with Crippen LogP contribution in [0.4, 0.5) is 5.69 Å². The number of hydrogen-bond acceptors (Lipinski definition) is 4. The quantitative estimate of drug-likeness (QED) is 0.539. The van der Waals surface area contributed by atoms with Crippen molar-refractivity contribution in [1.82, 2.24) is 9.55 Å². The van der Waals surface area contributed by atoms with E-state index in [2.05, 4.69) is 4.98 Å². The maximum absolute atomic E-state index is 12.2. The second-order valence-electron chi connectivity index (χ2n) is 6.82. The van der Waals surface area contributed by atoms with E-state index in [-0.39, 0.29) is 11.7 Å². The third kappa shape index (κ3) is 4.18. The number of Topliss-reactive ketones (excluding diaryl/α,β-unsaturated/α-hetero) is 1. The predicted molar refractivity (Wildman–Crippen MR) is 112 cm³/mol. The van der Waals surface area contributed by atoms with Crippen molar-refractivity contribution in [3.05, 3.63) is 63.8 Å². The van der Waals surface area contributed by atoms with Crippen molar-refractivity contribution in [2.45, 2.75) is 32.1 Å². The average Bonchev–Trinajstić information content (AvgIpc) is 3.36. The molecule has 28 heavy (non-hydrogen) atoms. The highest BCUT2D eigenvalue weighted by Crippen LogP contribution is 2.24. The zero-order chi connectivity index (χ0) is 19.5. The number of amides is 1. The molecule has 1 fully saturated rings. The molecule has 1 aromatic carbocycles. The standard InChI is InChI=1S/C21H20ClN3O2S/c22-20-11-10-19(28-20)18(26)9-4-15-13-24(14-23-15)16-5-7-17(8-6-16)25-12-2-1-3-21(25)27/h5-8,10-11,13-14H,1-4,9,12H2. The molecule has 1 saturated heterocycles. The van der Waals surface area contributed by atoms with Crippen LogP contribution >= 0.6 is 22.9 Å². The molecule has 0 atom stereocenters. The average molecular weight is 414 g/mol. The van der Waals surface area contributed by atoms with Gasteiger partial charge in [-0.3, -0.25) is 9.59 Å². The Bertz CT molecular complexity index is 993. The number of thiophene rings is 1. The van der Waals surface area contributed by atoms with E-state index in [0.717, 1.165) is 36.5 Å². The lowest BCUT2D eigenvalue weighted by atomic mass is 10.1. The molecule has 1 amide bonds. The first-order chi connectivity index (χ1) is 13.6. The van der Waals surface area contributed by atoms with Gasteiger partial charge in [-0.05, 0) is 55.7 Å². The van der Waals surface area contributed by atoms with Gasteiger partial charge in [-0.15, -0.1) is 11.3 Å². The van der Waals surface area contributed by atoms with Gasteiger partial charge in [0, 0.05) is 37.0 Å². The number of ketones is 1. The van der Waals surface area contributed by atoms with Gasteiger partial charge in [-0.1, -0.05) is 11.6 Å². The summed E-state index contributed by atoms with van der Waals surface area (Å²) in [7, 11) is 0. The van der Waals surface area contributed by atoms with Gasteiger partial charge in [0.05, 0.1) is 21.2 Å². The normalized spacial score (nSPS) is 14.5. The van der Waals surface area contributed by atoms with Gasteiger partial charge in [0.25, 0.3) is 0 Å². The summed E-state index contributed by atoms with van der Waals surface area (Å²) in [5.74, 6) is 0.280. The summed E-state index contributed by atoms with van der Waals surface area (Å²) < 4.78 is 2.56. The lowest BCUT2D eigenvalue weighted by molar-refractivity contribution is -0.119. The number of carbonyl (C=O) groups excluding carboxylic acids is 2. The summed E-state index contributed by atoms with van der Waals surface area (Å²) in [5.41, 5.74) is 2.78. The Morgan fingerprint density at radius 3 is 2.61 bits per heavy atom. The lowest BCUT2D eigenvalue weighted by Crippen LogP contribution is -2.35. The van der Waals surface area contributed by atoms with E-state index in [9.17, 15) is 9.59 Å². The minimum atomic E-state index is 0.0852. The molecule has 5 nitrogen and oxygen atoms in total. The van der Waals surface area contributed by atoms with E-state index in [1.54, 1.807) is 18.5 Å². The molecule has 0 spiro atoms. The number of nitrogens with zero attached hydrogens (tertiary/aromatic N) is 3. The van der Waals surface area contributed by atoms with Gasteiger partial charge in [0.15, 0.2) is 5.78 Å². The van der Waals surface area contributed by atoms with Crippen LogP contribution in [0.5, 0.6) is 0 Å². The zero-order valence-electron chi connectivity index (χ0n) is 15.3. The number of rotatable bonds is 6. The van der Waals surface area contributed by atoms with Crippen LogP contribution < -0.4 is 4.90 Å². The Morgan fingerprint density at radius 2 is 1.89 bits per heavy atom.